The Hall–Kier alpha value is -1.73. The normalized spacial score (nSPS) is 12.1. The van der Waals surface area contributed by atoms with Crippen LogP contribution in [-0.4, -0.2) is 43.7 Å². The van der Waals surface area contributed by atoms with Crippen LogP contribution >= 0.6 is 11.6 Å². The van der Waals surface area contributed by atoms with E-state index in [0.717, 1.165) is 4.90 Å². The summed E-state index contributed by atoms with van der Waals surface area (Å²) in [5, 5.41) is 3.87. The molecule has 0 saturated carbocycles. The summed E-state index contributed by atoms with van der Waals surface area (Å²) < 4.78 is 41.9. The van der Waals surface area contributed by atoms with Crippen LogP contribution in [0.1, 0.15) is 17.0 Å². The Morgan fingerprint density at radius 3 is 2.78 bits per heavy atom. The van der Waals surface area contributed by atoms with Crippen LogP contribution in [0.4, 0.5) is 13.2 Å². The van der Waals surface area contributed by atoms with E-state index >= 15 is 0 Å². The van der Waals surface area contributed by atoms with Crippen LogP contribution in [0.5, 0.6) is 0 Å². The van der Waals surface area contributed by atoms with Crippen LogP contribution in [0.2, 0.25) is 5.02 Å². The van der Waals surface area contributed by atoms with Gasteiger partial charge in [-0.1, -0.05) is 11.6 Å². The van der Waals surface area contributed by atoms with Gasteiger partial charge in [-0.15, -0.1) is 0 Å². The fourth-order valence-electron chi connectivity index (χ4n) is 2.15. The molecule has 2 rings (SSSR count). The van der Waals surface area contributed by atoms with Gasteiger partial charge in [0.1, 0.15) is 5.58 Å². The highest BCUT2D eigenvalue weighted by atomic mass is 35.5. The first kappa shape index (κ1) is 17.6. The second-order valence-electron chi connectivity index (χ2n) is 5.26. The minimum absolute atomic E-state index is 0.144. The predicted octanol–water partition coefficient (Wildman–Crippen LogP) is 3.70. The number of carbonyl (C=O) groups is 1. The van der Waals surface area contributed by atoms with Crippen LogP contribution in [-0.2, 0) is 0 Å². The minimum Gasteiger partial charge on any atom is -0.451 e. The molecule has 0 aliphatic heterocycles. The lowest BCUT2D eigenvalue weighted by Gasteiger charge is -2.18. The Kier molecular flexibility index (Phi) is 5.54. The zero-order valence-corrected chi connectivity index (χ0v) is 13.2. The fraction of sp³-hybridized carbons (Fsp3) is 0.400. The molecule has 0 fully saturated rings. The van der Waals surface area contributed by atoms with Gasteiger partial charge < -0.3 is 9.73 Å². The number of nitrogens with zero attached hydrogens (tertiary/aromatic N) is 1. The topological polar surface area (TPSA) is 45.5 Å². The second kappa shape index (κ2) is 7.23. The maximum atomic E-state index is 12.2. The maximum Gasteiger partial charge on any atom is 0.401 e. The number of carbonyl (C=O) groups excluding carboxylic acids is 1. The molecule has 1 aromatic heterocycles. The molecular formula is C15H16ClF3N2O2. The van der Waals surface area contributed by atoms with Crippen LogP contribution < -0.4 is 5.32 Å². The number of furan rings is 1. The Morgan fingerprint density at radius 1 is 1.35 bits per heavy atom. The summed E-state index contributed by atoms with van der Waals surface area (Å²) in [6.45, 7) is -0.473. The van der Waals surface area contributed by atoms with Crippen molar-refractivity contribution in [3.63, 3.8) is 0 Å². The Labute approximate surface area is 136 Å². The molecule has 1 heterocycles. The lowest BCUT2D eigenvalue weighted by molar-refractivity contribution is -0.143. The molecule has 8 heteroatoms. The summed E-state index contributed by atoms with van der Waals surface area (Å²) in [6, 6.07) is 6.59. The molecule has 0 spiro atoms. The second-order valence-corrected chi connectivity index (χ2v) is 5.69. The van der Waals surface area contributed by atoms with Gasteiger partial charge in [-0.3, -0.25) is 9.69 Å². The van der Waals surface area contributed by atoms with Crippen molar-refractivity contribution in [1.29, 1.82) is 0 Å². The third kappa shape index (κ3) is 5.44. The van der Waals surface area contributed by atoms with Gasteiger partial charge in [0, 0.05) is 17.0 Å². The van der Waals surface area contributed by atoms with Gasteiger partial charge in [-0.25, -0.2) is 0 Å². The van der Waals surface area contributed by atoms with E-state index in [1.165, 1.54) is 7.05 Å². The molecular weight excluding hydrogens is 333 g/mol. The van der Waals surface area contributed by atoms with Crippen LogP contribution in [0.3, 0.4) is 0 Å². The molecule has 0 unspecified atom stereocenters. The highest BCUT2D eigenvalue weighted by molar-refractivity contribution is 6.31. The Bertz CT molecular complexity index is 685. The van der Waals surface area contributed by atoms with E-state index in [1.54, 1.807) is 24.3 Å². The first-order chi connectivity index (χ1) is 10.7. The fourth-order valence-corrected chi connectivity index (χ4v) is 2.33. The van der Waals surface area contributed by atoms with E-state index in [-0.39, 0.29) is 18.8 Å². The molecule has 2 aromatic rings. The molecule has 0 aliphatic carbocycles. The SMILES string of the molecule is CN(CCCNC(=O)c1cc2cc(Cl)ccc2o1)CC(F)(F)F. The molecule has 0 radical (unpaired) electrons. The van der Waals surface area contributed by atoms with E-state index in [1.807, 2.05) is 0 Å². The van der Waals surface area contributed by atoms with E-state index in [2.05, 4.69) is 5.32 Å². The average Bonchev–Trinajstić information content (AvgIpc) is 2.84. The van der Waals surface area contributed by atoms with Gasteiger partial charge in [-0.2, -0.15) is 13.2 Å². The smallest absolute Gasteiger partial charge is 0.401 e. The van der Waals surface area contributed by atoms with Crippen LogP contribution in [0, 0.1) is 0 Å². The zero-order valence-electron chi connectivity index (χ0n) is 12.4. The average molecular weight is 349 g/mol. The first-order valence-corrected chi connectivity index (χ1v) is 7.35. The molecule has 23 heavy (non-hydrogen) atoms. The van der Waals surface area contributed by atoms with Crippen molar-refractivity contribution >= 4 is 28.5 Å². The molecule has 1 amide bonds. The first-order valence-electron chi connectivity index (χ1n) is 6.97. The summed E-state index contributed by atoms with van der Waals surface area (Å²) in [5.74, 6) is -0.262. The lowest BCUT2D eigenvalue weighted by atomic mass is 10.2. The van der Waals surface area contributed by atoms with E-state index < -0.39 is 18.6 Å². The molecule has 1 aromatic carbocycles. The van der Waals surface area contributed by atoms with Crippen LogP contribution in [0.15, 0.2) is 28.7 Å². The lowest BCUT2D eigenvalue weighted by Crippen LogP contribution is -2.33. The predicted molar refractivity (Wildman–Crippen MR) is 81.7 cm³/mol. The summed E-state index contributed by atoms with van der Waals surface area (Å²) in [7, 11) is 1.39. The van der Waals surface area contributed by atoms with E-state index in [0.29, 0.717) is 22.4 Å². The maximum absolute atomic E-state index is 12.2. The highest BCUT2D eigenvalue weighted by Crippen LogP contribution is 2.23. The molecule has 0 atom stereocenters. The van der Waals surface area contributed by atoms with E-state index in [9.17, 15) is 18.0 Å². The number of hydrogen-bond donors (Lipinski definition) is 1. The van der Waals surface area contributed by atoms with Gasteiger partial charge in [0.15, 0.2) is 5.76 Å². The number of amides is 1. The highest BCUT2D eigenvalue weighted by Gasteiger charge is 2.28. The molecule has 1 N–H and O–H groups in total. The monoisotopic (exact) mass is 348 g/mol. The standard InChI is InChI=1S/C15H16ClF3N2O2/c1-21(9-15(17,18)19)6-2-5-20-14(22)13-8-10-7-11(16)3-4-12(10)23-13/h3-4,7-8H,2,5-6,9H2,1H3,(H,20,22). The summed E-state index contributed by atoms with van der Waals surface area (Å²) >= 11 is 5.86. The van der Waals surface area contributed by atoms with Gasteiger partial charge in [0.05, 0.1) is 6.54 Å². The van der Waals surface area contributed by atoms with Crippen LogP contribution in [0.25, 0.3) is 11.0 Å². The Morgan fingerprint density at radius 2 is 2.09 bits per heavy atom. The van der Waals surface area contributed by atoms with Gasteiger partial charge in [-0.05, 0) is 44.3 Å². The third-order valence-electron chi connectivity index (χ3n) is 3.15. The molecule has 126 valence electrons. The summed E-state index contributed by atoms with van der Waals surface area (Å²) in [6.07, 6.45) is -3.81. The van der Waals surface area contributed by atoms with Crippen molar-refractivity contribution in [2.24, 2.45) is 0 Å². The van der Waals surface area contributed by atoms with Gasteiger partial charge >= 0.3 is 6.18 Å². The largest absolute Gasteiger partial charge is 0.451 e. The number of nitrogens with one attached hydrogen (secondary N) is 1. The summed E-state index contributed by atoms with van der Waals surface area (Å²) in [5.41, 5.74) is 0.546. The van der Waals surface area contributed by atoms with Crippen molar-refractivity contribution in [3.8, 4) is 0 Å². The van der Waals surface area contributed by atoms with Crippen molar-refractivity contribution in [1.82, 2.24) is 10.2 Å². The molecule has 0 aliphatic rings. The Balaban J connectivity index is 1.80. The molecule has 0 bridgehead atoms. The number of halogens is 4. The van der Waals surface area contributed by atoms with Crippen molar-refractivity contribution in [3.05, 3.63) is 35.0 Å². The van der Waals surface area contributed by atoms with Crippen molar-refractivity contribution in [2.45, 2.75) is 12.6 Å². The van der Waals surface area contributed by atoms with E-state index in [4.69, 9.17) is 16.0 Å². The number of alkyl halides is 3. The van der Waals surface area contributed by atoms with Crippen molar-refractivity contribution in [2.75, 3.05) is 26.7 Å². The third-order valence-corrected chi connectivity index (χ3v) is 3.39. The summed E-state index contributed by atoms with van der Waals surface area (Å²) in [4.78, 5) is 13.1. The van der Waals surface area contributed by atoms with Crippen molar-refractivity contribution < 1.29 is 22.4 Å². The minimum atomic E-state index is -4.21. The quantitative estimate of drug-likeness (QED) is 0.810. The van der Waals surface area contributed by atoms with Gasteiger partial charge in [0.2, 0.25) is 0 Å². The zero-order chi connectivity index (χ0) is 17.0. The number of hydrogen-bond acceptors (Lipinski definition) is 3. The number of benzene rings is 1. The number of rotatable bonds is 6. The molecule has 0 saturated heterocycles. The van der Waals surface area contributed by atoms with Gasteiger partial charge in [0.25, 0.3) is 5.91 Å². The molecule has 4 nitrogen and oxygen atoms in total. The number of fused-ring (bicyclic) bond motifs is 1.